The Morgan fingerprint density at radius 3 is 2.37 bits per heavy atom. The number of carbonyl (C=O) groups excluding carboxylic acids is 2. The monoisotopic (exact) mass is 273 g/mol. The first-order chi connectivity index (χ1) is 9.16. The maximum Gasteiger partial charge on any atom is 0.261 e. The van der Waals surface area contributed by atoms with Gasteiger partial charge in [0, 0.05) is 6.54 Å². The van der Waals surface area contributed by atoms with Crippen molar-refractivity contribution in [2.45, 2.75) is 13.3 Å². The largest absolute Gasteiger partial charge is 0.351 e. The standard InChI is InChI=1S/C15H15NO2S/c1-11(17)13-7-8-14(19-13)15(18)16-10-9-12-5-3-2-4-6-12/h2-8H,9-10H2,1H3,(H,16,18). The lowest BCUT2D eigenvalue weighted by Gasteiger charge is -2.03. The predicted octanol–water partition coefficient (Wildman–Crippen LogP) is 2.92. The molecule has 3 nitrogen and oxygen atoms in total. The fourth-order valence-electron chi connectivity index (χ4n) is 1.70. The van der Waals surface area contributed by atoms with Crippen molar-refractivity contribution in [1.82, 2.24) is 5.32 Å². The van der Waals surface area contributed by atoms with Crippen LogP contribution in [0.1, 0.15) is 31.8 Å². The van der Waals surface area contributed by atoms with E-state index >= 15 is 0 Å². The molecule has 0 unspecified atom stereocenters. The van der Waals surface area contributed by atoms with E-state index in [1.165, 1.54) is 23.8 Å². The van der Waals surface area contributed by atoms with Crippen molar-refractivity contribution in [3.8, 4) is 0 Å². The minimum absolute atomic E-state index is 0.00617. The number of hydrogen-bond acceptors (Lipinski definition) is 3. The molecule has 0 aliphatic carbocycles. The highest BCUT2D eigenvalue weighted by Crippen LogP contribution is 2.16. The van der Waals surface area contributed by atoms with Gasteiger partial charge >= 0.3 is 0 Å². The summed E-state index contributed by atoms with van der Waals surface area (Å²) in [5.74, 6) is -0.123. The average molecular weight is 273 g/mol. The number of amides is 1. The van der Waals surface area contributed by atoms with Crippen LogP contribution in [0.5, 0.6) is 0 Å². The number of Topliss-reactive ketones (excluding diaryl/α,β-unsaturated/α-hetero) is 1. The van der Waals surface area contributed by atoms with Crippen LogP contribution in [0, 0.1) is 0 Å². The van der Waals surface area contributed by atoms with Crippen LogP contribution in [0.15, 0.2) is 42.5 Å². The first-order valence-corrected chi connectivity index (χ1v) is 6.91. The third kappa shape index (κ3) is 3.76. The Hall–Kier alpha value is -1.94. The van der Waals surface area contributed by atoms with Crippen LogP contribution in [0.25, 0.3) is 0 Å². The van der Waals surface area contributed by atoms with E-state index in [1.54, 1.807) is 12.1 Å². The van der Waals surface area contributed by atoms with Crippen molar-refractivity contribution < 1.29 is 9.59 Å². The van der Waals surface area contributed by atoms with E-state index in [4.69, 9.17) is 0 Å². The number of carbonyl (C=O) groups is 2. The van der Waals surface area contributed by atoms with Gasteiger partial charge in [-0.15, -0.1) is 11.3 Å². The first kappa shape index (κ1) is 13.5. The van der Waals surface area contributed by atoms with Crippen molar-refractivity contribution in [3.63, 3.8) is 0 Å². The first-order valence-electron chi connectivity index (χ1n) is 6.09. The normalized spacial score (nSPS) is 10.2. The highest BCUT2D eigenvalue weighted by molar-refractivity contribution is 7.15. The zero-order valence-electron chi connectivity index (χ0n) is 10.7. The summed E-state index contributed by atoms with van der Waals surface area (Å²) in [4.78, 5) is 24.2. The summed E-state index contributed by atoms with van der Waals surface area (Å²) in [5, 5.41) is 2.86. The summed E-state index contributed by atoms with van der Waals surface area (Å²) in [7, 11) is 0. The smallest absolute Gasteiger partial charge is 0.261 e. The van der Waals surface area contributed by atoms with Crippen LogP contribution in [-0.4, -0.2) is 18.2 Å². The molecular weight excluding hydrogens is 258 g/mol. The molecule has 1 heterocycles. The molecule has 1 amide bonds. The number of benzene rings is 1. The Morgan fingerprint density at radius 1 is 1.05 bits per heavy atom. The van der Waals surface area contributed by atoms with E-state index < -0.39 is 0 Å². The van der Waals surface area contributed by atoms with Crippen LogP contribution >= 0.6 is 11.3 Å². The van der Waals surface area contributed by atoms with E-state index in [9.17, 15) is 9.59 Å². The van der Waals surface area contributed by atoms with Gasteiger partial charge in [-0.25, -0.2) is 0 Å². The summed E-state index contributed by atoms with van der Waals surface area (Å²) < 4.78 is 0. The molecule has 1 aromatic carbocycles. The second-order valence-electron chi connectivity index (χ2n) is 4.21. The Bertz CT molecular complexity index is 575. The van der Waals surface area contributed by atoms with E-state index in [0.29, 0.717) is 16.3 Å². The lowest BCUT2D eigenvalue weighted by atomic mass is 10.1. The van der Waals surface area contributed by atoms with Gasteiger partial charge in [-0.3, -0.25) is 9.59 Å². The number of rotatable bonds is 5. The number of thiophene rings is 1. The second kappa shape index (κ2) is 6.29. The van der Waals surface area contributed by atoms with Crippen LogP contribution < -0.4 is 5.32 Å². The lowest BCUT2D eigenvalue weighted by Crippen LogP contribution is -2.24. The van der Waals surface area contributed by atoms with E-state index in [-0.39, 0.29) is 11.7 Å². The van der Waals surface area contributed by atoms with Gasteiger partial charge in [0.1, 0.15) is 0 Å². The minimum Gasteiger partial charge on any atom is -0.351 e. The van der Waals surface area contributed by atoms with Crippen molar-refractivity contribution in [1.29, 1.82) is 0 Å². The SMILES string of the molecule is CC(=O)c1ccc(C(=O)NCCc2ccccc2)s1. The van der Waals surface area contributed by atoms with Gasteiger partial charge in [-0.05, 0) is 31.0 Å². The molecule has 0 aliphatic heterocycles. The highest BCUT2D eigenvalue weighted by Gasteiger charge is 2.10. The van der Waals surface area contributed by atoms with Gasteiger partial charge in [0.25, 0.3) is 5.91 Å². The quantitative estimate of drug-likeness (QED) is 0.851. The lowest BCUT2D eigenvalue weighted by molar-refractivity contribution is 0.0957. The molecule has 0 fully saturated rings. The minimum atomic E-state index is -0.117. The molecule has 0 radical (unpaired) electrons. The summed E-state index contributed by atoms with van der Waals surface area (Å²) in [6, 6.07) is 13.4. The maximum atomic E-state index is 11.9. The van der Waals surface area contributed by atoms with Gasteiger partial charge in [0.2, 0.25) is 0 Å². The maximum absolute atomic E-state index is 11.9. The van der Waals surface area contributed by atoms with Crippen molar-refractivity contribution in [2.75, 3.05) is 6.54 Å². The summed E-state index contributed by atoms with van der Waals surface area (Å²) in [5.41, 5.74) is 1.19. The number of ketones is 1. The predicted molar refractivity (Wildman–Crippen MR) is 76.8 cm³/mol. The van der Waals surface area contributed by atoms with Crippen molar-refractivity contribution in [3.05, 3.63) is 57.8 Å². The van der Waals surface area contributed by atoms with Gasteiger partial charge < -0.3 is 5.32 Å². The van der Waals surface area contributed by atoms with E-state index in [1.807, 2.05) is 30.3 Å². The number of nitrogens with one attached hydrogen (secondary N) is 1. The molecule has 4 heteroatoms. The molecule has 1 N–H and O–H groups in total. The molecule has 19 heavy (non-hydrogen) atoms. The molecule has 2 rings (SSSR count). The van der Waals surface area contributed by atoms with Crippen LogP contribution in [0.4, 0.5) is 0 Å². The molecule has 0 saturated carbocycles. The van der Waals surface area contributed by atoms with E-state index in [0.717, 1.165) is 6.42 Å². The third-order valence-electron chi connectivity index (χ3n) is 2.72. The van der Waals surface area contributed by atoms with Crippen molar-refractivity contribution >= 4 is 23.0 Å². The van der Waals surface area contributed by atoms with Gasteiger partial charge in [0.05, 0.1) is 9.75 Å². The Morgan fingerprint density at radius 2 is 1.74 bits per heavy atom. The number of hydrogen-bond donors (Lipinski definition) is 1. The van der Waals surface area contributed by atoms with Crippen LogP contribution in [0.3, 0.4) is 0 Å². The second-order valence-corrected chi connectivity index (χ2v) is 5.30. The van der Waals surface area contributed by atoms with Crippen LogP contribution in [0.2, 0.25) is 0 Å². The summed E-state index contributed by atoms with van der Waals surface area (Å²) in [6.45, 7) is 2.10. The molecule has 0 bridgehead atoms. The zero-order chi connectivity index (χ0) is 13.7. The molecular formula is C15H15NO2S. The Labute approximate surface area is 116 Å². The molecule has 0 spiro atoms. The summed E-state index contributed by atoms with van der Waals surface area (Å²) >= 11 is 1.23. The Balaban J connectivity index is 1.85. The molecule has 0 saturated heterocycles. The third-order valence-corrected chi connectivity index (χ3v) is 3.90. The fraction of sp³-hybridized carbons (Fsp3) is 0.200. The van der Waals surface area contributed by atoms with Gasteiger partial charge in [0.15, 0.2) is 5.78 Å². The molecule has 98 valence electrons. The zero-order valence-corrected chi connectivity index (χ0v) is 11.5. The van der Waals surface area contributed by atoms with Crippen LogP contribution in [-0.2, 0) is 6.42 Å². The molecule has 0 atom stereocenters. The molecule has 2 aromatic rings. The highest BCUT2D eigenvalue weighted by atomic mass is 32.1. The average Bonchev–Trinajstić information content (AvgIpc) is 2.89. The molecule has 0 aliphatic rings. The van der Waals surface area contributed by atoms with Gasteiger partial charge in [-0.1, -0.05) is 30.3 Å². The van der Waals surface area contributed by atoms with Gasteiger partial charge in [-0.2, -0.15) is 0 Å². The van der Waals surface area contributed by atoms with Crippen molar-refractivity contribution in [2.24, 2.45) is 0 Å². The van der Waals surface area contributed by atoms with E-state index in [2.05, 4.69) is 5.32 Å². The molecule has 1 aromatic heterocycles. The summed E-state index contributed by atoms with van der Waals surface area (Å²) in [6.07, 6.45) is 0.803. The Kier molecular flexibility index (Phi) is 4.47. The topological polar surface area (TPSA) is 46.2 Å². The fourth-order valence-corrected chi connectivity index (χ4v) is 2.52.